The van der Waals surface area contributed by atoms with Crippen LogP contribution in [-0.2, 0) is 4.79 Å². The molecule has 1 aromatic carbocycles. The highest BCUT2D eigenvalue weighted by atomic mass is 32.1. The summed E-state index contributed by atoms with van der Waals surface area (Å²) in [4.78, 5) is 13.4. The Kier molecular flexibility index (Phi) is 6.18. The number of amides is 1. The Morgan fingerprint density at radius 1 is 1.15 bits per heavy atom. The average Bonchev–Trinajstić information content (AvgIpc) is 3.31. The fourth-order valence-corrected chi connectivity index (χ4v) is 4.19. The Morgan fingerprint density at radius 2 is 1.96 bits per heavy atom. The molecule has 6 heteroatoms. The molecule has 1 atom stereocenters. The number of thiophene rings is 2. The van der Waals surface area contributed by atoms with Crippen molar-refractivity contribution in [3.05, 3.63) is 74.8 Å². The maximum Gasteiger partial charge on any atom is 0.226 e. The zero-order valence-corrected chi connectivity index (χ0v) is 16.0. The van der Waals surface area contributed by atoms with Gasteiger partial charge in [0.05, 0.1) is 11.6 Å². The molecule has 132 valence electrons. The van der Waals surface area contributed by atoms with Crippen LogP contribution in [0.25, 0.3) is 0 Å². The van der Waals surface area contributed by atoms with Gasteiger partial charge in [-0.2, -0.15) is 5.26 Å². The van der Waals surface area contributed by atoms with Crippen LogP contribution in [0.2, 0.25) is 0 Å². The molecule has 3 aromatic rings. The van der Waals surface area contributed by atoms with E-state index in [4.69, 9.17) is 5.26 Å². The van der Waals surface area contributed by atoms with Gasteiger partial charge in [0.2, 0.25) is 5.91 Å². The standard InChI is InChI=1S/C20H19N3OS2/c1-14-4-6-15(7-5-14)19(17-3-2-11-25-17)22-10-8-18(24)23-20-16(13-21)9-12-26-20/h2-7,9,11-12,19,22H,8,10H2,1H3,(H,23,24)/t19-/m0/s1. The van der Waals surface area contributed by atoms with E-state index in [1.165, 1.54) is 27.3 Å². The predicted molar refractivity (Wildman–Crippen MR) is 108 cm³/mol. The van der Waals surface area contributed by atoms with Crippen molar-refractivity contribution >= 4 is 33.6 Å². The lowest BCUT2D eigenvalue weighted by atomic mass is 10.0. The van der Waals surface area contributed by atoms with E-state index in [1.54, 1.807) is 22.8 Å². The van der Waals surface area contributed by atoms with Gasteiger partial charge in [-0.3, -0.25) is 4.79 Å². The maximum atomic E-state index is 12.2. The molecular formula is C20H19N3OS2. The average molecular weight is 382 g/mol. The van der Waals surface area contributed by atoms with Crippen molar-refractivity contribution < 1.29 is 4.79 Å². The molecule has 0 aliphatic heterocycles. The van der Waals surface area contributed by atoms with Crippen LogP contribution in [0.5, 0.6) is 0 Å². The Bertz CT molecular complexity index is 892. The number of nitrogens with one attached hydrogen (secondary N) is 2. The number of nitriles is 1. The van der Waals surface area contributed by atoms with Crippen molar-refractivity contribution in [2.24, 2.45) is 0 Å². The minimum absolute atomic E-state index is 0.0693. The summed E-state index contributed by atoms with van der Waals surface area (Å²) in [7, 11) is 0. The SMILES string of the molecule is Cc1ccc([C@H](NCCC(=O)Nc2sccc2C#N)c2cccs2)cc1. The molecule has 0 unspecified atom stereocenters. The second-order valence-corrected chi connectivity index (χ2v) is 7.78. The Morgan fingerprint density at radius 3 is 2.65 bits per heavy atom. The number of hydrogen-bond donors (Lipinski definition) is 2. The van der Waals surface area contributed by atoms with Gasteiger partial charge in [-0.05, 0) is 35.4 Å². The lowest BCUT2D eigenvalue weighted by Crippen LogP contribution is -2.26. The summed E-state index contributed by atoms with van der Waals surface area (Å²) < 4.78 is 0. The number of anilines is 1. The highest BCUT2D eigenvalue weighted by Gasteiger charge is 2.15. The fourth-order valence-electron chi connectivity index (χ4n) is 2.61. The number of nitrogens with zero attached hydrogens (tertiary/aromatic N) is 1. The third-order valence-electron chi connectivity index (χ3n) is 3.98. The highest BCUT2D eigenvalue weighted by Crippen LogP contribution is 2.26. The van der Waals surface area contributed by atoms with E-state index in [0.29, 0.717) is 23.5 Å². The molecule has 2 aromatic heterocycles. The van der Waals surface area contributed by atoms with E-state index >= 15 is 0 Å². The summed E-state index contributed by atoms with van der Waals surface area (Å²) >= 11 is 3.07. The smallest absolute Gasteiger partial charge is 0.226 e. The van der Waals surface area contributed by atoms with Crippen molar-refractivity contribution in [2.45, 2.75) is 19.4 Å². The highest BCUT2D eigenvalue weighted by molar-refractivity contribution is 7.14. The van der Waals surface area contributed by atoms with E-state index in [-0.39, 0.29) is 11.9 Å². The first-order chi connectivity index (χ1) is 12.7. The number of rotatable bonds is 7. The molecule has 2 N–H and O–H groups in total. The van der Waals surface area contributed by atoms with Crippen molar-refractivity contribution in [1.82, 2.24) is 5.32 Å². The van der Waals surface area contributed by atoms with Gasteiger partial charge in [0, 0.05) is 17.8 Å². The van der Waals surface area contributed by atoms with Gasteiger partial charge in [0.15, 0.2) is 0 Å². The van der Waals surface area contributed by atoms with Gasteiger partial charge < -0.3 is 10.6 Å². The molecule has 4 nitrogen and oxygen atoms in total. The molecule has 3 rings (SSSR count). The molecule has 0 saturated carbocycles. The second-order valence-electron chi connectivity index (χ2n) is 5.89. The molecule has 0 aliphatic carbocycles. The first kappa shape index (κ1) is 18.3. The van der Waals surface area contributed by atoms with Crippen LogP contribution in [0, 0.1) is 18.3 Å². The van der Waals surface area contributed by atoms with Crippen LogP contribution in [0.15, 0.2) is 53.2 Å². The van der Waals surface area contributed by atoms with Crippen LogP contribution < -0.4 is 10.6 Å². The van der Waals surface area contributed by atoms with E-state index in [0.717, 1.165) is 0 Å². The predicted octanol–water partition coefficient (Wildman–Crippen LogP) is 4.70. The quantitative estimate of drug-likeness (QED) is 0.623. The molecule has 0 aliphatic rings. The summed E-state index contributed by atoms with van der Waals surface area (Å²) in [5.41, 5.74) is 2.92. The van der Waals surface area contributed by atoms with Gasteiger partial charge in [-0.1, -0.05) is 35.9 Å². The molecule has 26 heavy (non-hydrogen) atoms. The molecular weight excluding hydrogens is 362 g/mol. The number of benzene rings is 1. The number of carbonyl (C=O) groups is 1. The summed E-state index contributed by atoms with van der Waals surface area (Å²) in [6.45, 7) is 2.62. The lowest BCUT2D eigenvalue weighted by Gasteiger charge is -2.18. The first-order valence-electron chi connectivity index (χ1n) is 8.28. The van der Waals surface area contributed by atoms with E-state index in [1.807, 2.05) is 6.07 Å². The Labute approximate surface area is 161 Å². The number of hydrogen-bond acceptors (Lipinski definition) is 5. The van der Waals surface area contributed by atoms with Crippen LogP contribution >= 0.6 is 22.7 Å². The molecule has 0 fully saturated rings. The lowest BCUT2D eigenvalue weighted by molar-refractivity contribution is -0.116. The van der Waals surface area contributed by atoms with Crippen LogP contribution in [0.1, 0.15) is 34.0 Å². The monoisotopic (exact) mass is 381 g/mol. The first-order valence-corrected chi connectivity index (χ1v) is 10.0. The third-order valence-corrected chi connectivity index (χ3v) is 5.74. The summed E-state index contributed by atoms with van der Waals surface area (Å²) in [5.74, 6) is -0.0923. The number of carbonyl (C=O) groups excluding carboxylic acids is 1. The van der Waals surface area contributed by atoms with Crippen molar-refractivity contribution in [2.75, 3.05) is 11.9 Å². The molecule has 0 saturated heterocycles. The summed E-state index contributed by atoms with van der Waals surface area (Å²) in [6.07, 6.45) is 0.344. The Balaban J connectivity index is 1.61. The zero-order chi connectivity index (χ0) is 18.4. The van der Waals surface area contributed by atoms with E-state index in [2.05, 4.69) is 59.3 Å². The summed E-state index contributed by atoms with van der Waals surface area (Å²) in [6, 6.07) is 16.5. The fraction of sp³-hybridized carbons (Fsp3) is 0.200. The van der Waals surface area contributed by atoms with Gasteiger partial charge in [-0.25, -0.2) is 0 Å². The zero-order valence-electron chi connectivity index (χ0n) is 14.4. The molecule has 0 bridgehead atoms. The van der Waals surface area contributed by atoms with Crippen molar-refractivity contribution in [1.29, 1.82) is 5.26 Å². The van der Waals surface area contributed by atoms with Crippen LogP contribution in [-0.4, -0.2) is 12.5 Å². The maximum absolute atomic E-state index is 12.2. The normalized spacial score (nSPS) is 11.7. The van der Waals surface area contributed by atoms with Gasteiger partial charge in [0.25, 0.3) is 0 Å². The van der Waals surface area contributed by atoms with Crippen LogP contribution in [0.4, 0.5) is 5.00 Å². The minimum Gasteiger partial charge on any atom is -0.317 e. The van der Waals surface area contributed by atoms with Gasteiger partial charge in [-0.15, -0.1) is 22.7 Å². The third kappa shape index (κ3) is 4.58. The number of aryl methyl sites for hydroxylation is 1. The molecule has 1 amide bonds. The molecule has 0 radical (unpaired) electrons. The largest absolute Gasteiger partial charge is 0.317 e. The van der Waals surface area contributed by atoms with E-state index in [9.17, 15) is 4.79 Å². The van der Waals surface area contributed by atoms with Gasteiger partial charge >= 0.3 is 0 Å². The van der Waals surface area contributed by atoms with Crippen molar-refractivity contribution in [3.8, 4) is 6.07 Å². The second kappa shape index (κ2) is 8.77. The minimum atomic E-state index is -0.0923. The molecule has 2 heterocycles. The topological polar surface area (TPSA) is 64.9 Å². The summed E-state index contributed by atoms with van der Waals surface area (Å²) in [5, 5.41) is 19.8. The van der Waals surface area contributed by atoms with Gasteiger partial charge in [0.1, 0.15) is 11.1 Å². The van der Waals surface area contributed by atoms with Crippen LogP contribution in [0.3, 0.4) is 0 Å². The van der Waals surface area contributed by atoms with E-state index < -0.39 is 0 Å². The van der Waals surface area contributed by atoms with Crippen molar-refractivity contribution in [3.63, 3.8) is 0 Å². The molecule has 0 spiro atoms. The Hall–Kier alpha value is -2.46.